The summed E-state index contributed by atoms with van der Waals surface area (Å²) in [6, 6.07) is 10.0. The zero-order chi connectivity index (χ0) is 13.0. The van der Waals surface area contributed by atoms with Crippen molar-refractivity contribution in [2.75, 3.05) is 13.2 Å². The predicted molar refractivity (Wildman–Crippen MR) is 66.0 cm³/mol. The Bertz CT molecular complexity index is 404. The smallest absolute Gasteiger partial charge is 0.302 e. The Kier molecular flexibility index (Phi) is 3.99. The molecule has 0 N–H and O–H groups in total. The molecule has 0 amide bonds. The van der Waals surface area contributed by atoms with Gasteiger partial charge in [-0.25, -0.2) is 0 Å². The SMILES string of the molecule is CC(=O)OC[C@H]1CO[C@@](C)(Cc2ccccc2)O1. The number of carbonyl (C=O) groups is 1. The normalized spacial score (nSPS) is 27.1. The van der Waals surface area contributed by atoms with E-state index >= 15 is 0 Å². The summed E-state index contributed by atoms with van der Waals surface area (Å²) >= 11 is 0. The van der Waals surface area contributed by atoms with Crippen molar-refractivity contribution in [1.29, 1.82) is 0 Å². The van der Waals surface area contributed by atoms with Gasteiger partial charge in [0, 0.05) is 13.3 Å². The van der Waals surface area contributed by atoms with E-state index in [1.54, 1.807) is 0 Å². The first kappa shape index (κ1) is 13.1. The van der Waals surface area contributed by atoms with Crippen LogP contribution in [0.4, 0.5) is 0 Å². The Balaban J connectivity index is 1.88. The Morgan fingerprint density at radius 1 is 1.44 bits per heavy atom. The van der Waals surface area contributed by atoms with E-state index in [4.69, 9.17) is 14.2 Å². The van der Waals surface area contributed by atoms with Crippen LogP contribution < -0.4 is 0 Å². The maximum atomic E-state index is 10.7. The molecular formula is C14H18O4. The third-order valence-electron chi connectivity index (χ3n) is 2.83. The molecule has 98 valence electrons. The van der Waals surface area contributed by atoms with E-state index in [0.717, 1.165) is 5.56 Å². The minimum atomic E-state index is -0.633. The van der Waals surface area contributed by atoms with Gasteiger partial charge in [0.15, 0.2) is 5.79 Å². The molecule has 1 aromatic carbocycles. The van der Waals surface area contributed by atoms with Gasteiger partial charge in [-0.05, 0) is 12.5 Å². The molecule has 1 fully saturated rings. The topological polar surface area (TPSA) is 44.8 Å². The summed E-state index contributed by atoms with van der Waals surface area (Å²) in [5.74, 6) is -0.929. The van der Waals surface area contributed by atoms with Crippen LogP contribution in [0.25, 0.3) is 0 Å². The van der Waals surface area contributed by atoms with Gasteiger partial charge in [-0.1, -0.05) is 30.3 Å². The van der Waals surface area contributed by atoms with E-state index in [0.29, 0.717) is 13.0 Å². The van der Waals surface area contributed by atoms with E-state index < -0.39 is 5.79 Å². The first-order chi connectivity index (χ1) is 8.57. The third-order valence-corrected chi connectivity index (χ3v) is 2.83. The molecule has 0 spiro atoms. The monoisotopic (exact) mass is 250 g/mol. The molecule has 18 heavy (non-hydrogen) atoms. The standard InChI is InChI=1S/C14H18O4/c1-11(15)16-9-13-10-17-14(2,18-13)8-12-6-4-3-5-7-12/h3-7,13H,8-10H2,1-2H3/t13-,14+/m0/s1. The second-order valence-electron chi connectivity index (χ2n) is 4.65. The van der Waals surface area contributed by atoms with Crippen molar-refractivity contribution < 1.29 is 19.0 Å². The highest BCUT2D eigenvalue weighted by molar-refractivity contribution is 5.65. The van der Waals surface area contributed by atoms with Gasteiger partial charge in [-0.15, -0.1) is 0 Å². The molecular weight excluding hydrogens is 232 g/mol. The minimum Gasteiger partial charge on any atom is -0.463 e. The molecule has 1 heterocycles. The zero-order valence-electron chi connectivity index (χ0n) is 10.7. The second-order valence-corrected chi connectivity index (χ2v) is 4.65. The summed E-state index contributed by atoms with van der Waals surface area (Å²) in [5.41, 5.74) is 1.16. The van der Waals surface area contributed by atoms with Gasteiger partial charge in [0.2, 0.25) is 0 Å². The molecule has 4 heteroatoms. The Morgan fingerprint density at radius 3 is 2.83 bits per heavy atom. The highest BCUT2D eigenvalue weighted by Gasteiger charge is 2.37. The molecule has 0 unspecified atom stereocenters. The van der Waals surface area contributed by atoms with Crippen molar-refractivity contribution in [2.45, 2.75) is 32.2 Å². The van der Waals surface area contributed by atoms with Crippen molar-refractivity contribution in [2.24, 2.45) is 0 Å². The van der Waals surface area contributed by atoms with Gasteiger partial charge < -0.3 is 14.2 Å². The van der Waals surface area contributed by atoms with Gasteiger partial charge in [0.1, 0.15) is 12.7 Å². The van der Waals surface area contributed by atoms with Gasteiger partial charge in [-0.2, -0.15) is 0 Å². The van der Waals surface area contributed by atoms with Gasteiger partial charge in [-0.3, -0.25) is 4.79 Å². The first-order valence-corrected chi connectivity index (χ1v) is 6.06. The van der Waals surface area contributed by atoms with Crippen LogP contribution in [0, 0.1) is 0 Å². The number of rotatable bonds is 4. The maximum Gasteiger partial charge on any atom is 0.302 e. The molecule has 0 aliphatic carbocycles. The lowest BCUT2D eigenvalue weighted by atomic mass is 10.1. The fourth-order valence-corrected chi connectivity index (χ4v) is 2.04. The molecule has 2 atom stereocenters. The molecule has 0 aromatic heterocycles. The quantitative estimate of drug-likeness (QED) is 0.766. The summed E-state index contributed by atoms with van der Waals surface area (Å²) in [7, 11) is 0. The molecule has 2 rings (SSSR count). The predicted octanol–water partition coefficient (Wildman–Crippen LogP) is 1.92. The van der Waals surface area contributed by atoms with Gasteiger partial charge >= 0.3 is 5.97 Å². The van der Waals surface area contributed by atoms with E-state index in [-0.39, 0.29) is 18.7 Å². The molecule has 0 radical (unpaired) electrons. The molecule has 4 nitrogen and oxygen atoms in total. The molecule has 0 bridgehead atoms. The Hall–Kier alpha value is -1.39. The molecule has 1 aromatic rings. The average Bonchev–Trinajstić information content (AvgIpc) is 2.69. The summed E-state index contributed by atoms with van der Waals surface area (Å²) < 4.78 is 16.4. The van der Waals surface area contributed by atoms with Crippen LogP contribution in [0.15, 0.2) is 30.3 Å². The fourth-order valence-electron chi connectivity index (χ4n) is 2.04. The number of carbonyl (C=O) groups excluding carboxylic acids is 1. The highest BCUT2D eigenvalue weighted by Crippen LogP contribution is 2.27. The van der Waals surface area contributed by atoms with Crippen molar-refractivity contribution in [3.63, 3.8) is 0 Å². The molecule has 1 saturated heterocycles. The summed E-state index contributed by atoms with van der Waals surface area (Å²) in [4.78, 5) is 10.7. The highest BCUT2D eigenvalue weighted by atomic mass is 16.7. The van der Waals surface area contributed by atoms with Crippen molar-refractivity contribution in [3.05, 3.63) is 35.9 Å². The summed E-state index contributed by atoms with van der Waals surface area (Å²) in [6.45, 7) is 4.00. The molecule has 0 saturated carbocycles. The van der Waals surface area contributed by atoms with Crippen molar-refractivity contribution >= 4 is 5.97 Å². The average molecular weight is 250 g/mol. The summed E-state index contributed by atoms with van der Waals surface area (Å²) in [6.07, 6.45) is 0.507. The number of hydrogen-bond donors (Lipinski definition) is 0. The van der Waals surface area contributed by atoms with Crippen LogP contribution >= 0.6 is 0 Å². The number of ether oxygens (including phenoxy) is 3. The first-order valence-electron chi connectivity index (χ1n) is 6.06. The Morgan fingerprint density at radius 2 is 2.17 bits per heavy atom. The molecule has 1 aliphatic rings. The van der Waals surface area contributed by atoms with Crippen LogP contribution in [0.2, 0.25) is 0 Å². The maximum absolute atomic E-state index is 10.7. The van der Waals surface area contributed by atoms with Crippen molar-refractivity contribution in [3.8, 4) is 0 Å². The van der Waals surface area contributed by atoms with Crippen molar-refractivity contribution in [1.82, 2.24) is 0 Å². The lowest BCUT2D eigenvalue weighted by Gasteiger charge is -2.23. The second kappa shape index (κ2) is 5.50. The van der Waals surface area contributed by atoms with Crippen LogP contribution in [0.5, 0.6) is 0 Å². The van der Waals surface area contributed by atoms with Gasteiger partial charge in [0.05, 0.1) is 6.61 Å². The van der Waals surface area contributed by atoms with Crippen LogP contribution in [-0.4, -0.2) is 31.1 Å². The van der Waals surface area contributed by atoms with E-state index in [9.17, 15) is 4.79 Å². The number of hydrogen-bond acceptors (Lipinski definition) is 4. The lowest BCUT2D eigenvalue weighted by Crippen LogP contribution is -2.30. The molecule has 1 aliphatic heterocycles. The lowest BCUT2D eigenvalue weighted by molar-refractivity contribution is -0.164. The minimum absolute atomic E-state index is 0.178. The zero-order valence-corrected chi connectivity index (χ0v) is 10.7. The van der Waals surface area contributed by atoms with E-state index in [1.165, 1.54) is 6.92 Å². The largest absolute Gasteiger partial charge is 0.463 e. The van der Waals surface area contributed by atoms with Gasteiger partial charge in [0.25, 0.3) is 0 Å². The van der Waals surface area contributed by atoms with E-state index in [1.807, 2.05) is 37.3 Å². The third kappa shape index (κ3) is 3.55. The summed E-state index contributed by atoms with van der Waals surface area (Å²) in [5, 5.41) is 0. The van der Waals surface area contributed by atoms with Crippen LogP contribution in [0.3, 0.4) is 0 Å². The number of esters is 1. The van der Waals surface area contributed by atoms with Crippen LogP contribution in [0.1, 0.15) is 19.4 Å². The Labute approximate surface area is 107 Å². The van der Waals surface area contributed by atoms with E-state index in [2.05, 4.69) is 0 Å². The van der Waals surface area contributed by atoms with Crippen LogP contribution in [-0.2, 0) is 25.4 Å². The fraction of sp³-hybridized carbons (Fsp3) is 0.500. The number of benzene rings is 1.